The number of hydrogen-bond acceptors (Lipinski definition) is 1. The van der Waals surface area contributed by atoms with Gasteiger partial charge in [0, 0.05) is 18.3 Å². The summed E-state index contributed by atoms with van der Waals surface area (Å²) in [6.45, 7) is 4.35. The van der Waals surface area contributed by atoms with E-state index in [0.717, 1.165) is 19.3 Å². The average Bonchev–Trinajstić information content (AvgIpc) is 2.59. The van der Waals surface area contributed by atoms with E-state index in [4.69, 9.17) is 11.6 Å². The number of carbonyl (C=O) groups excluding carboxylic acids is 1. The van der Waals surface area contributed by atoms with Crippen LogP contribution in [0.4, 0.5) is 0 Å². The van der Waals surface area contributed by atoms with Gasteiger partial charge in [-0.15, -0.1) is 11.6 Å². The molecule has 0 aromatic heterocycles. The van der Waals surface area contributed by atoms with E-state index in [2.05, 4.69) is 19.2 Å². The molecule has 13 heavy (non-hydrogen) atoms. The molecule has 1 fully saturated rings. The summed E-state index contributed by atoms with van der Waals surface area (Å²) in [5, 5.41) is 3.02. The lowest BCUT2D eigenvalue weighted by molar-refractivity contribution is -0.121. The van der Waals surface area contributed by atoms with Crippen molar-refractivity contribution < 1.29 is 4.79 Å². The third kappa shape index (κ3) is 3.55. The second kappa shape index (κ2) is 4.32. The highest BCUT2D eigenvalue weighted by Gasteiger charge is 2.46. The summed E-state index contributed by atoms with van der Waals surface area (Å²) in [4.78, 5) is 11.3. The normalized spacial score (nSPS) is 24.1. The van der Waals surface area contributed by atoms with E-state index in [-0.39, 0.29) is 5.91 Å². The third-order valence-corrected chi connectivity index (χ3v) is 2.90. The molecule has 0 bridgehead atoms. The largest absolute Gasteiger partial charge is 0.353 e. The number of amides is 1. The van der Waals surface area contributed by atoms with Gasteiger partial charge in [-0.25, -0.2) is 0 Å². The van der Waals surface area contributed by atoms with Gasteiger partial charge in [0.2, 0.25) is 5.91 Å². The minimum absolute atomic E-state index is 0.181. The van der Waals surface area contributed by atoms with Gasteiger partial charge in [-0.05, 0) is 24.7 Å². The molecule has 1 saturated carbocycles. The highest BCUT2D eigenvalue weighted by atomic mass is 35.5. The fourth-order valence-electron chi connectivity index (χ4n) is 1.36. The van der Waals surface area contributed by atoms with Crippen LogP contribution in [0.3, 0.4) is 0 Å². The predicted molar refractivity (Wildman–Crippen MR) is 54.9 cm³/mol. The van der Waals surface area contributed by atoms with Crippen LogP contribution in [0, 0.1) is 5.41 Å². The number of carbonyl (C=O) groups is 1. The lowest BCUT2D eigenvalue weighted by Gasteiger charge is -2.05. The Morgan fingerprint density at radius 1 is 1.54 bits per heavy atom. The molecule has 76 valence electrons. The van der Waals surface area contributed by atoms with Crippen LogP contribution in [-0.4, -0.2) is 17.8 Å². The van der Waals surface area contributed by atoms with Crippen molar-refractivity contribution in [2.45, 2.75) is 45.6 Å². The minimum atomic E-state index is 0.181. The smallest absolute Gasteiger partial charge is 0.220 e. The molecule has 1 amide bonds. The van der Waals surface area contributed by atoms with Crippen LogP contribution in [0.1, 0.15) is 39.5 Å². The van der Waals surface area contributed by atoms with Crippen LogP contribution in [0.5, 0.6) is 0 Å². The third-order valence-electron chi connectivity index (χ3n) is 2.64. The van der Waals surface area contributed by atoms with Crippen LogP contribution in [-0.2, 0) is 4.79 Å². The van der Waals surface area contributed by atoms with Gasteiger partial charge in [0.25, 0.3) is 0 Å². The molecule has 0 heterocycles. The van der Waals surface area contributed by atoms with E-state index in [1.807, 2.05) is 0 Å². The fraction of sp³-hybridized carbons (Fsp3) is 0.900. The molecule has 2 nitrogen and oxygen atoms in total. The Hall–Kier alpha value is -0.240. The second-order valence-electron chi connectivity index (χ2n) is 4.46. The molecule has 0 aromatic rings. The number of unbranched alkanes of at least 4 members (excludes halogenated alkanes) is 1. The first-order valence-corrected chi connectivity index (χ1v) is 5.45. The Bertz CT molecular complexity index is 191. The van der Waals surface area contributed by atoms with Gasteiger partial charge in [-0.1, -0.05) is 13.8 Å². The van der Waals surface area contributed by atoms with Gasteiger partial charge in [-0.3, -0.25) is 4.79 Å². The summed E-state index contributed by atoms with van der Waals surface area (Å²) >= 11 is 5.52. The summed E-state index contributed by atoms with van der Waals surface area (Å²) in [6.07, 6.45) is 3.58. The van der Waals surface area contributed by atoms with E-state index < -0.39 is 0 Å². The molecule has 0 aromatic carbocycles. The van der Waals surface area contributed by atoms with Crippen molar-refractivity contribution in [3.05, 3.63) is 0 Å². The second-order valence-corrected chi connectivity index (χ2v) is 4.84. The van der Waals surface area contributed by atoms with Crippen molar-refractivity contribution in [3.8, 4) is 0 Å². The highest BCUT2D eigenvalue weighted by Crippen LogP contribution is 2.44. The van der Waals surface area contributed by atoms with E-state index in [0.29, 0.717) is 23.8 Å². The average molecular weight is 204 g/mol. The van der Waals surface area contributed by atoms with Crippen LogP contribution in [0.2, 0.25) is 0 Å². The van der Waals surface area contributed by atoms with Crippen LogP contribution in [0.25, 0.3) is 0 Å². The first kappa shape index (κ1) is 10.8. The number of alkyl halides is 1. The van der Waals surface area contributed by atoms with E-state index in [1.54, 1.807) is 0 Å². The van der Waals surface area contributed by atoms with E-state index >= 15 is 0 Å². The van der Waals surface area contributed by atoms with Gasteiger partial charge in [0.05, 0.1) is 0 Å². The van der Waals surface area contributed by atoms with Gasteiger partial charge < -0.3 is 5.32 Å². The van der Waals surface area contributed by atoms with Crippen molar-refractivity contribution in [1.29, 1.82) is 0 Å². The van der Waals surface area contributed by atoms with Gasteiger partial charge in [0.1, 0.15) is 0 Å². The van der Waals surface area contributed by atoms with Crippen molar-refractivity contribution in [1.82, 2.24) is 5.32 Å². The molecule has 0 spiro atoms. The maximum Gasteiger partial charge on any atom is 0.220 e. The van der Waals surface area contributed by atoms with E-state index in [9.17, 15) is 4.79 Å². The molecular weight excluding hydrogens is 186 g/mol. The van der Waals surface area contributed by atoms with Crippen LogP contribution < -0.4 is 5.32 Å². The molecule has 0 aliphatic heterocycles. The predicted octanol–water partition coefficient (Wildman–Crippen LogP) is 2.31. The Balaban J connectivity index is 2.06. The molecular formula is C10H18ClNO. The Labute approximate surface area is 85.0 Å². The minimum Gasteiger partial charge on any atom is -0.353 e. The number of nitrogens with one attached hydrogen (secondary N) is 1. The quantitative estimate of drug-likeness (QED) is 0.539. The molecule has 3 heteroatoms. The van der Waals surface area contributed by atoms with Crippen LogP contribution >= 0.6 is 11.6 Å². The molecule has 1 rings (SSSR count). The zero-order valence-electron chi connectivity index (χ0n) is 8.40. The van der Waals surface area contributed by atoms with Crippen molar-refractivity contribution in [2.75, 3.05) is 5.88 Å². The maximum absolute atomic E-state index is 11.3. The fourth-order valence-corrected chi connectivity index (χ4v) is 1.55. The number of rotatable bonds is 5. The van der Waals surface area contributed by atoms with Gasteiger partial charge >= 0.3 is 0 Å². The van der Waals surface area contributed by atoms with Crippen molar-refractivity contribution in [2.24, 2.45) is 5.41 Å². The molecule has 1 aliphatic carbocycles. The Morgan fingerprint density at radius 2 is 2.15 bits per heavy atom. The summed E-state index contributed by atoms with van der Waals surface area (Å²) in [6, 6.07) is 0.413. The first-order valence-electron chi connectivity index (χ1n) is 4.91. The summed E-state index contributed by atoms with van der Waals surface area (Å²) in [7, 11) is 0. The van der Waals surface area contributed by atoms with Crippen LogP contribution in [0.15, 0.2) is 0 Å². The topological polar surface area (TPSA) is 29.1 Å². The first-order chi connectivity index (χ1) is 6.06. The molecule has 1 unspecified atom stereocenters. The summed E-state index contributed by atoms with van der Waals surface area (Å²) < 4.78 is 0. The molecule has 0 radical (unpaired) electrons. The van der Waals surface area contributed by atoms with Crippen molar-refractivity contribution >= 4 is 17.5 Å². The monoisotopic (exact) mass is 203 g/mol. The van der Waals surface area contributed by atoms with Gasteiger partial charge in [-0.2, -0.15) is 0 Å². The maximum atomic E-state index is 11.3. The van der Waals surface area contributed by atoms with Gasteiger partial charge in [0.15, 0.2) is 0 Å². The standard InChI is InChI=1S/C10H18ClNO/c1-10(2)7-8(10)12-9(13)5-3-4-6-11/h8H,3-7H2,1-2H3,(H,12,13). The molecule has 1 atom stereocenters. The molecule has 1 N–H and O–H groups in total. The Kier molecular flexibility index (Phi) is 3.60. The lowest BCUT2D eigenvalue weighted by Crippen LogP contribution is -2.27. The zero-order chi connectivity index (χ0) is 9.90. The SMILES string of the molecule is CC1(C)CC1NC(=O)CCCCCl. The zero-order valence-corrected chi connectivity index (χ0v) is 9.16. The lowest BCUT2D eigenvalue weighted by atomic mass is 10.2. The number of hydrogen-bond donors (Lipinski definition) is 1. The molecule has 0 saturated heterocycles. The van der Waals surface area contributed by atoms with E-state index in [1.165, 1.54) is 0 Å². The Morgan fingerprint density at radius 3 is 2.62 bits per heavy atom. The highest BCUT2D eigenvalue weighted by molar-refractivity contribution is 6.17. The summed E-state index contributed by atoms with van der Waals surface area (Å²) in [5.41, 5.74) is 0.335. The number of halogens is 1. The molecule has 1 aliphatic rings. The summed E-state index contributed by atoms with van der Waals surface area (Å²) in [5.74, 6) is 0.836. The van der Waals surface area contributed by atoms with Crippen molar-refractivity contribution in [3.63, 3.8) is 0 Å².